The molecule has 1 aliphatic rings. The number of amides is 2. The Morgan fingerprint density at radius 2 is 1.95 bits per heavy atom. The molecule has 0 heterocycles. The topological polar surface area (TPSA) is 75.7 Å². The first-order chi connectivity index (χ1) is 8.95. The lowest BCUT2D eigenvalue weighted by Gasteiger charge is -2.16. The number of hydrogen-bond donors (Lipinski definition) is 1. The van der Waals surface area contributed by atoms with E-state index in [9.17, 15) is 14.4 Å². The second-order valence-corrected chi connectivity index (χ2v) is 5.00. The van der Waals surface area contributed by atoms with Crippen molar-refractivity contribution in [2.24, 2.45) is 11.8 Å². The number of nitrogens with one attached hydrogen (secondary N) is 1. The van der Waals surface area contributed by atoms with Crippen LogP contribution in [0.5, 0.6) is 0 Å². The summed E-state index contributed by atoms with van der Waals surface area (Å²) in [7, 11) is 2.95. The fourth-order valence-corrected chi connectivity index (χ4v) is 1.79. The van der Waals surface area contributed by atoms with E-state index < -0.39 is 0 Å². The van der Waals surface area contributed by atoms with Crippen LogP contribution in [0.1, 0.15) is 26.2 Å². The summed E-state index contributed by atoms with van der Waals surface area (Å²) >= 11 is 0. The van der Waals surface area contributed by atoms with E-state index in [1.165, 1.54) is 12.0 Å². The van der Waals surface area contributed by atoms with Crippen molar-refractivity contribution in [2.45, 2.75) is 26.2 Å². The van der Waals surface area contributed by atoms with Crippen molar-refractivity contribution in [1.29, 1.82) is 0 Å². The SMILES string of the molecule is COC(=O)CCN(C)C(=O)CCNC(=O)C1CC1C. The molecule has 19 heavy (non-hydrogen) atoms. The quantitative estimate of drug-likeness (QED) is 0.669. The summed E-state index contributed by atoms with van der Waals surface area (Å²) in [5.74, 6) is 0.215. The molecule has 0 aromatic carbocycles. The normalized spacial score (nSPS) is 20.6. The molecule has 6 heteroatoms. The third-order valence-electron chi connectivity index (χ3n) is 3.39. The van der Waals surface area contributed by atoms with Crippen molar-refractivity contribution >= 4 is 17.8 Å². The van der Waals surface area contributed by atoms with Crippen molar-refractivity contribution in [3.8, 4) is 0 Å². The number of methoxy groups -OCH3 is 1. The van der Waals surface area contributed by atoms with Crippen molar-refractivity contribution < 1.29 is 19.1 Å². The first-order valence-corrected chi connectivity index (χ1v) is 6.54. The molecule has 1 N–H and O–H groups in total. The van der Waals surface area contributed by atoms with Crippen LogP contribution in [0.4, 0.5) is 0 Å². The maximum atomic E-state index is 11.7. The molecule has 1 saturated carbocycles. The minimum atomic E-state index is -0.337. The van der Waals surface area contributed by atoms with Gasteiger partial charge in [-0.2, -0.15) is 0 Å². The van der Waals surface area contributed by atoms with E-state index in [1.54, 1.807) is 7.05 Å². The molecule has 0 aliphatic heterocycles. The number of rotatable bonds is 7. The van der Waals surface area contributed by atoms with Gasteiger partial charge in [-0.15, -0.1) is 0 Å². The molecule has 0 saturated heterocycles. The van der Waals surface area contributed by atoms with Gasteiger partial charge in [-0.05, 0) is 12.3 Å². The molecule has 6 nitrogen and oxygen atoms in total. The van der Waals surface area contributed by atoms with Crippen LogP contribution in [-0.2, 0) is 19.1 Å². The second kappa shape index (κ2) is 7.11. The maximum absolute atomic E-state index is 11.7. The van der Waals surface area contributed by atoms with Crippen LogP contribution in [-0.4, -0.2) is 49.9 Å². The molecule has 0 spiro atoms. The van der Waals surface area contributed by atoms with Crippen molar-refractivity contribution in [2.75, 3.05) is 27.2 Å². The molecule has 1 aliphatic carbocycles. The van der Waals surface area contributed by atoms with Gasteiger partial charge in [0.05, 0.1) is 13.5 Å². The molecular weight excluding hydrogens is 248 g/mol. The Morgan fingerprint density at radius 3 is 2.47 bits per heavy atom. The molecule has 0 aromatic rings. The number of carbonyl (C=O) groups excluding carboxylic acids is 3. The maximum Gasteiger partial charge on any atom is 0.307 e. The molecule has 2 unspecified atom stereocenters. The number of carbonyl (C=O) groups is 3. The highest BCUT2D eigenvalue weighted by Crippen LogP contribution is 2.37. The van der Waals surface area contributed by atoms with Crippen molar-refractivity contribution in [3.63, 3.8) is 0 Å². The van der Waals surface area contributed by atoms with E-state index in [2.05, 4.69) is 10.1 Å². The Kier molecular flexibility index (Phi) is 5.79. The van der Waals surface area contributed by atoms with Crippen LogP contribution in [0.2, 0.25) is 0 Å². The lowest BCUT2D eigenvalue weighted by Crippen LogP contribution is -2.34. The Labute approximate surface area is 113 Å². The summed E-state index contributed by atoms with van der Waals surface area (Å²) < 4.78 is 4.50. The summed E-state index contributed by atoms with van der Waals surface area (Å²) in [4.78, 5) is 35.6. The summed E-state index contributed by atoms with van der Waals surface area (Å²) in [6.07, 6.45) is 1.38. The summed E-state index contributed by atoms with van der Waals surface area (Å²) in [6, 6.07) is 0. The highest BCUT2D eigenvalue weighted by Gasteiger charge is 2.38. The Balaban J connectivity index is 2.12. The Hall–Kier alpha value is -1.59. The molecule has 2 atom stereocenters. The lowest BCUT2D eigenvalue weighted by atomic mass is 10.3. The first kappa shape index (κ1) is 15.5. The largest absolute Gasteiger partial charge is 0.469 e. The summed E-state index contributed by atoms with van der Waals surface area (Å²) in [5.41, 5.74) is 0. The predicted octanol–water partition coefficient (Wildman–Crippen LogP) is 0.170. The van der Waals surface area contributed by atoms with Crippen LogP contribution in [0.25, 0.3) is 0 Å². The van der Waals surface area contributed by atoms with Gasteiger partial charge in [0.2, 0.25) is 11.8 Å². The fourth-order valence-electron chi connectivity index (χ4n) is 1.79. The average Bonchev–Trinajstić information content (AvgIpc) is 3.12. The molecular formula is C13H22N2O4. The average molecular weight is 270 g/mol. The van der Waals surface area contributed by atoms with Crippen molar-refractivity contribution in [1.82, 2.24) is 10.2 Å². The van der Waals surface area contributed by atoms with Gasteiger partial charge in [0, 0.05) is 32.5 Å². The Morgan fingerprint density at radius 1 is 1.32 bits per heavy atom. The fraction of sp³-hybridized carbons (Fsp3) is 0.769. The smallest absolute Gasteiger partial charge is 0.307 e. The third kappa shape index (κ3) is 5.28. The molecule has 0 aromatic heterocycles. The zero-order valence-corrected chi connectivity index (χ0v) is 11.8. The van der Waals surface area contributed by atoms with E-state index >= 15 is 0 Å². The molecule has 108 valence electrons. The standard InChI is InChI=1S/C13H22N2O4/c1-9-8-10(9)13(18)14-6-4-11(16)15(2)7-5-12(17)19-3/h9-10H,4-8H2,1-3H3,(H,14,18). The van der Waals surface area contributed by atoms with Crippen LogP contribution >= 0.6 is 0 Å². The van der Waals surface area contributed by atoms with Crippen molar-refractivity contribution in [3.05, 3.63) is 0 Å². The van der Waals surface area contributed by atoms with Gasteiger partial charge in [0.1, 0.15) is 0 Å². The summed E-state index contributed by atoms with van der Waals surface area (Å²) in [5, 5.41) is 2.76. The highest BCUT2D eigenvalue weighted by molar-refractivity contribution is 5.82. The van der Waals surface area contributed by atoms with Gasteiger partial charge in [0.15, 0.2) is 0 Å². The van der Waals surface area contributed by atoms with Gasteiger partial charge in [-0.25, -0.2) is 0 Å². The monoisotopic (exact) mass is 270 g/mol. The minimum Gasteiger partial charge on any atom is -0.469 e. The van der Waals surface area contributed by atoms with E-state index in [0.717, 1.165) is 6.42 Å². The van der Waals surface area contributed by atoms with Crippen LogP contribution in [0.3, 0.4) is 0 Å². The highest BCUT2D eigenvalue weighted by atomic mass is 16.5. The van der Waals surface area contributed by atoms with Gasteiger partial charge in [0.25, 0.3) is 0 Å². The second-order valence-electron chi connectivity index (χ2n) is 5.00. The van der Waals surface area contributed by atoms with Gasteiger partial charge < -0.3 is 15.0 Å². The number of esters is 1. The molecule has 1 rings (SSSR count). The molecule has 0 bridgehead atoms. The minimum absolute atomic E-state index is 0.0394. The van der Waals surface area contributed by atoms with E-state index in [0.29, 0.717) is 19.0 Å². The van der Waals surface area contributed by atoms with Gasteiger partial charge >= 0.3 is 5.97 Å². The van der Waals surface area contributed by atoms with Crippen LogP contribution in [0.15, 0.2) is 0 Å². The lowest BCUT2D eigenvalue weighted by molar-refractivity contribution is -0.141. The number of nitrogens with zero attached hydrogens (tertiary/aromatic N) is 1. The number of hydrogen-bond acceptors (Lipinski definition) is 4. The molecule has 2 amide bonds. The predicted molar refractivity (Wildman–Crippen MR) is 69.2 cm³/mol. The zero-order chi connectivity index (χ0) is 14.4. The third-order valence-corrected chi connectivity index (χ3v) is 3.39. The molecule has 1 fully saturated rings. The first-order valence-electron chi connectivity index (χ1n) is 6.54. The van der Waals surface area contributed by atoms with E-state index in [-0.39, 0.29) is 36.5 Å². The van der Waals surface area contributed by atoms with E-state index in [4.69, 9.17) is 0 Å². The summed E-state index contributed by atoms with van der Waals surface area (Å²) in [6.45, 7) is 2.72. The van der Waals surface area contributed by atoms with E-state index in [1.807, 2.05) is 6.92 Å². The van der Waals surface area contributed by atoms with Gasteiger partial charge in [-0.1, -0.05) is 6.92 Å². The zero-order valence-electron chi connectivity index (χ0n) is 11.8. The van der Waals surface area contributed by atoms with Crippen LogP contribution < -0.4 is 5.32 Å². The van der Waals surface area contributed by atoms with Crippen LogP contribution in [0, 0.1) is 11.8 Å². The number of ether oxygens (including phenoxy) is 1. The molecule has 0 radical (unpaired) electrons. The Bertz CT molecular complexity index is 357. The van der Waals surface area contributed by atoms with Gasteiger partial charge in [-0.3, -0.25) is 14.4 Å².